The predicted octanol–water partition coefficient (Wildman–Crippen LogP) is -1.45. The Bertz CT molecular complexity index is 231. The number of nitrogens with zero attached hydrogens (tertiary/aromatic N) is 1. The quantitative estimate of drug-likeness (QED) is 0.590. The number of nitrogens with one attached hydrogen (secondary N) is 1. The number of amides is 2. The van der Waals surface area contributed by atoms with E-state index in [1.807, 2.05) is 0 Å². The second-order valence-corrected chi connectivity index (χ2v) is 3.52. The van der Waals surface area contributed by atoms with Crippen molar-refractivity contribution in [2.24, 2.45) is 5.73 Å². The van der Waals surface area contributed by atoms with Crippen LogP contribution in [-0.4, -0.2) is 56.6 Å². The van der Waals surface area contributed by atoms with Gasteiger partial charge in [0.2, 0.25) is 11.8 Å². The summed E-state index contributed by atoms with van der Waals surface area (Å²) in [5.41, 5.74) is 5.49. The lowest BCUT2D eigenvalue weighted by Crippen LogP contribution is -2.51. The molecule has 3 N–H and O–H groups in total. The van der Waals surface area contributed by atoms with Gasteiger partial charge in [-0.2, -0.15) is 0 Å². The van der Waals surface area contributed by atoms with Crippen LogP contribution in [0.5, 0.6) is 0 Å². The number of carbonyl (C=O) groups excluding carboxylic acids is 2. The molecule has 0 saturated carbocycles. The maximum absolute atomic E-state index is 11.4. The lowest BCUT2D eigenvalue weighted by molar-refractivity contribution is -0.134. The second kappa shape index (κ2) is 6.36. The van der Waals surface area contributed by atoms with Gasteiger partial charge in [-0.1, -0.05) is 0 Å². The summed E-state index contributed by atoms with van der Waals surface area (Å²) < 4.78 is 4.73. The van der Waals surface area contributed by atoms with Crippen LogP contribution in [0.4, 0.5) is 0 Å². The Morgan fingerprint density at radius 1 is 1.47 bits per heavy atom. The van der Waals surface area contributed by atoms with Gasteiger partial charge in [0.15, 0.2) is 0 Å². The van der Waals surface area contributed by atoms with Crippen LogP contribution >= 0.6 is 0 Å². The summed E-state index contributed by atoms with van der Waals surface area (Å²) in [6.45, 7) is 1.74. The highest BCUT2D eigenvalue weighted by Gasteiger charge is 2.20. The summed E-state index contributed by atoms with van der Waals surface area (Å²) in [7, 11) is 4.71. The Kier molecular flexibility index (Phi) is 5.88. The average molecular weight is 217 g/mol. The fourth-order valence-corrected chi connectivity index (χ4v) is 1.02. The summed E-state index contributed by atoms with van der Waals surface area (Å²) in [4.78, 5) is 24.2. The van der Waals surface area contributed by atoms with Gasteiger partial charge in [-0.25, -0.2) is 0 Å². The van der Waals surface area contributed by atoms with Gasteiger partial charge in [0.05, 0.1) is 6.61 Å². The molecule has 0 saturated heterocycles. The lowest BCUT2D eigenvalue weighted by atomic mass is 10.2. The Morgan fingerprint density at radius 3 is 2.40 bits per heavy atom. The highest BCUT2D eigenvalue weighted by atomic mass is 16.5. The van der Waals surface area contributed by atoms with Crippen molar-refractivity contribution in [1.82, 2.24) is 10.2 Å². The monoisotopic (exact) mass is 217 g/mol. The van der Waals surface area contributed by atoms with Crippen LogP contribution < -0.4 is 11.1 Å². The molecular weight excluding hydrogens is 198 g/mol. The summed E-state index contributed by atoms with van der Waals surface area (Å²) in [6, 6.07) is -1.32. The van der Waals surface area contributed by atoms with Crippen molar-refractivity contribution in [2.75, 3.05) is 27.8 Å². The fourth-order valence-electron chi connectivity index (χ4n) is 1.02. The number of likely N-dealkylation sites (N-methyl/N-ethyl adjacent to an activating group) is 1. The van der Waals surface area contributed by atoms with Crippen molar-refractivity contribution >= 4 is 11.8 Å². The molecule has 0 aromatic carbocycles. The predicted molar refractivity (Wildman–Crippen MR) is 56.2 cm³/mol. The highest BCUT2D eigenvalue weighted by molar-refractivity contribution is 5.89. The molecule has 0 aliphatic heterocycles. The molecule has 2 unspecified atom stereocenters. The molecule has 0 bridgehead atoms. The SMILES string of the molecule is COCC(N)C(=O)NC(C)C(=O)N(C)C. The van der Waals surface area contributed by atoms with E-state index in [0.717, 1.165) is 0 Å². The van der Waals surface area contributed by atoms with Crippen LogP contribution in [0.2, 0.25) is 0 Å². The molecule has 0 aliphatic carbocycles. The molecule has 0 aliphatic rings. The van der Waals surface area contributed by atoms with E-state index in [0.29, 0.717) is 0 Å². The second-order valence-electron chi connectivity index (χ2n) is 3.52. The number of hydrogen-bond acceptors (Lipinski definition) is 4. The molecule has 6 nitrogen and oxygen atoms in total. The minimum absolute atomic E-state index is 0.134. The Morgan fingerprint density at radius 2 is 2.00 bits per heavy atom. The van der Waals surface area contributed by atoms with Crippen LogP contribution in [0.25, 0.3) is 0 Å². The van der Waals surface area contributed by atoms with Gasteiger partial charge >= 0.3 is 0 Å². The van der Waals surface area contributed by atoms with Gasteiger partial charge in [0, 0.05) is 21.2 Å². The smallest absolute Gasteiger partial charge is 0.244 e. The van der Waals surface area contributed by atoms with Gasteiger partial charge in [0.25, 0.3) is 0 Å². The Balaban J connectivity index is 4.12. The van der Waals surface area contributed by atoms with E-state index in [2.05, 4.69) is 5.32 Å². The molecule has 0 spiro atoms. The summed E-state index contributed by atoms with van der Waals surface area (Å²) in [5.74, 6) is -0.562. The third kappa shape index (κ3) is 4.75. The number of hydrogen-bond donors (Lipinski definition) is 2. The third-order valence-corrected chi connectivity index (χ3v) is 1.85. The average Bonchev–Trinajstić information content (AvgIpc) is 2.16. The first-order valence-corrected chi connectivity index (χ1v) is 4.66. The third-order valence-electron chi connectivity index (χ3n) is 1.85. The molecule has 15 heavy (non-hydrogen) atoms. The highest BCUT2D eigenvalue weighted by Crippen LogP contribution is 1.90. The molecule has 6 heteroatoms. The first-order chi connectivity index (χ1) is 6.90. The summed E-state index contributed by atoms with van der Waals surface area (Å²) in [5, 5.41) is 2.51. The van der Waals surface area contributed by atoms with Crippen molar-refractivity contribution in [3.05, 3.63) is 0 Å². The zero-order valence-corrected chi connectivity index (χ0v) is 9.61. The largest absolute Gasteiger partial charge is 0.383 e. The normalized spacial score (nSPS) is 14.2. The molecule has 0 rings (SSSR count). The van der Waals surface area contributed by atoms with Crippen LogP contribution in [-0.2, 0) is 14.3 Å². The van der Waals surface area contributed by atoms with E-state index in [9.17, 15) is 9.59 Å². The standard InChI is InChI=1S/C9H19N3O3/c1-6(9(14)12(2)3)11-8(13)7(10)5-15-4/h6-7H,5,10H2,1-4H3,(H,11,13). The van der Waals surface area contributed by atoms with E-state index in [-0.39, 0.29) is 18.4 Å². The molecule has 88 valence electrons. The maximum Gasteiger partial charge on any atom is 0.244 e. The van der Waals surface area contributed by atoms with Crippen LogP contribution in [0.3, 0.4) is 0 Å². The first-order valence-electron chi connectivity index (χ1n) is 4.66. The fraction of sp³-hybridized carbons (Fsp3) is 0.778. The molecule has 2 atom stereocenters. The van der Waals surface area contributed by atoms with Gasteiger partial charge in [0.1, 0.15) is 12.1 Å². The topological polar surface area (TPSA) is 84.7 Å². The number of methoxy groups -OCH3 is 1. The zero-order chi connectivity index (χ0) is 12.0. The van der Waals surface area contributed by atoms with E-state index in [4.69, 9.17) is 10.5 Å². The van der Waals surface area contributed by atoms with Gasteiger partial charge < -0.3 is 20.7 Å². The van der Waals surface area contributed by atoms with E-state index in [1.165, 1.54) is 12.0 Å². The Hall–Kier alpha value is -1.14. The van der Waals surface area contributed by atoms with Crippen LogP contribution in [0, 0.1) is 0 Å². The number of carbonyl (C=O) groups is 2. The minimum atomic E-state index is -0.743. The summed E-state index contributed by atoms with van der Waals surface area (Å²) in [6.07, 6.45) is 0. The van der Waals surface area contributed by atoms with E-state index in [1.54, 1.807) is 21.0 Å². The van der Waals surface area contributed by atoms with Gasteiger partial charge in [-0.05, 0) is 6.92 Å². The number of nitrogens with two attached hydrogens (primary N) is 1. The van der Waals surface area contributed by atoms with Crippen molar-refractivity contribution in [2.45, 2.75) is 19.0 Å². The molecule has 0 aromatic heterocycles. The lowest BCUT2D eigenvalue weighted by Gasteiger charge is -2.19. The maximum atomic E-state index is 11.4. The zero-order valence-electron chi connectivity index (χ0n) is 9.61. The molecule has 0 heterocycles. The van der Waals surface area contributed by atoms with Gasteiger partial charge in [-0.3, -0.25) is 9.59 Å². The summed E-state index contributed by atoms with van der Waals surface area (Å²) >= 11 is 0. The Labute approximate surface area is 89.7 Å². The van der Waals surface area contributed by atoms with Crippen molar-refractivity contribution in [3.8, 4) is 0 Å². The van der Waals surface area contributed by atoms with E-state index >= 15 is 0 Å². The molecule has 0 aromatic rings. The number of ether oxygens (including phenoxy) is 1. The van der Waals surface area contributed by atoms with Crippen LogP contribution in [0.1, 0.15) is 6.92 Å². The van der Waals surface area contributed by atoms with Crippen molar-refractivity contribution in [3.63, 3.8) is 0 Å². The number of rotatable bonds is 5. The molecule has 0 fully saturated rings. The van der Waals surface area contributed by atoms with Crippen molar-refractivity contribution in [1.29, 1.82) is 0 Å². The molecule has 0 radical (unpaired) electrons. The minimum Gasteiger partial charge on any atom is -0.383 e. The first kappa shape index (κ1) is 13.9. The van der Waals surface area contributed by atoms with Crippen molar-refractivity contribution < 1.29 is 14.3 Å². The van der Waals surface area contributed by atoms with E-state index < -0.39 is 12.1 Å². The van der Waals surface area contributed by atoms with Gasteiger partial charge in [-0.15, -0.1) is 0 Å². The molecular formula is C9H19N3O3. The molecule has 2 amide bonds. The van der Waals surface area contributed by atoms with Crippen LogP contribution in [0.15, 0.2) is 0 Å².